The van der Waals surface area contributed by atoms with Crippen molar-refractivity contribution in [3.8, 4) is 0 Å². The molecular weight excluding hydrogens is 552 g/mol. The molecule has 32 heavy (non-hydrogen) atoms. The molecule has 1 saturated heterocycles. The Hall–Kier alpha value is -2.24. The van der Waals surface area contributed by atoms with E-state index in [1.165, 1.54) is 34.9 Å². The minimum atomic E-state index is -1.26. The van der Waals surface area contributed by atoms with Gasteiger partial charge in [-0.25, -0.2) is 13.2 Å². The molecule has 1 aliphatic rings. The highest BCUT2D eigenvalue weighted by molar-refractivity contribution is 14.1. The lowest BCUT2D eigenvalue weighted by Gasteiger charge is -2.42. The predicted octanol–water partition coefficient (Wildman–Crippen LogP) is 5.16. The molecule has 0 aromatic heterocycles. The van der Waals surface area contributed by atoms with Crippen LogP contribution in [-0.2, 0) is 0 Å². The summed E-state index contributed by atoms with van der Waals surface area (Å²) < 4.78 is 43.4. The van der Waals surface area contributed by atoms with Gasteiger partial charge in [0.25, 0.3) is 5.91 Å². The smallest absolute Gasteiger partial charge is 0.256 e. The van der Waals surface area contributed by atoms with Crippen LogP contribution in [0.5, 0.6) is 0 Å². The molecule has 4 rings (SSSR count). The zero-order valence-corrected chi connectivity index (χ0v) is 19.6. The van der Waals surface area contributed by atoms with Crippen LogP contribution in [0.2, 0.25) is 0 Å². The number of nitrogens with one attached hydrogen (secondary N) is 1. The Labute approximate surface area is 201 Å². The molecule has 0 saturated carbocycles. The second-order valence-electron chi connectivity index (χ2n) is 7.58. The fraction of sp³-hybridized carbons (Fsp3) is 0.174. The molecule has 4 nitrogen and oxygen atoms in total. The molecular formula is C23H19F3IN2O2S+. The van der Waals surface area contributed by atoms with E-state index in [9.17, 15) is 18.0 Å². The first-order chi connectivity index (χ1) is 15.3. The van der Waals surface area contributed by atoms with Crippen LogP contribution in [0.1, 0.15) is 10.4 Å². The van der Waals surface area contributed by atoms with Crippen molar-refractivity contribution < 1.29 is 23.1 Å². The van der Waals surface area contributed by atoms with Gasteiger partial charge in [0.05, 0.1) is 35.8 Å². The molecule has 0 unspecified atom stereocenters. The first-order valence-corrected chi connectivity index (χ1v) is 11.7. The van der Waals surface area contributed by atoms with E-state index in [1.807, 2.05) is 52.9 Å². The van der Waals surface area contributed by atoms with E-state index in [4.69, 9.17) is 5.11 Å². The van der Waals surface area contributed by atoms with Gasteiger partial charge in [0.2, 0.25) is 5.60 Å². The molecule has 0 aliphatic carbocycles. The monoisotopic (exact) mass is 571 g/mol. The average Bonchev–Trinajstić information content (AvgIpc) is 2.75. The SMILES string of the molecule is O=C(c1ccc(F)c(F)c1Nc1ccc(I)cc1F)N1CC([OH2+])(CSc2ccccc2)C1. The highest BCUT2D eigenvalue weighted by atomic mass is 127. The Balaban J connectivity index is 1.50. The molecule has 0 bridgehead atoms. The summed E-state index contributed by atoms with van der Waals surface area (Å²) in [5, 5.41) is 11.1. The Bertz CT molecular complexity index is 1160. The molecule has 9 heteroatoms. The lowest BCUT2D eigenvalue weighted by molar-refractivity contribution is -0.0632. The normalized spacial score (nSPS) is 14.7. The number of carbonyl (C=O) groups is 1. The van der Waals surface area contributed by atoms with E-state index in [2.05, 4.69) is 5.32 Å². The van der Waals surface area contributed by atoms with E-state index in [1.54, 1.807) is 6.07 Å². The van der Waals surface area contributed by atoms with Crippen LogP contribution in [0, 0.1) is 21.0 Å². The van der Waals surface area contributed by atoms with Gasteiger partial charge in [0.15, 0.2) is 11.6 Å². The van der Waals surface area contributed by atoms with Gasteiger partial charge >= 0.3 is 0 Å². The standard InChI is InChI=1S/C23H18F3IN2O2S/c24-17-8-7-16(21(20(17)26)28-19-9-6-14(27)10-18(19)25)22(30)29-11-23(31,12-29)13-32-15-4-2-1-3-5-15/h1-10,28,31H,11-13H2/p+1. The zero-order chi connectivity index (χ0) is 22.9. The van der Waals surface area contributed by atoms with Crippen LogP contribution in [0.25, 0.3) is 0 Å². The summed E-state index contributed by atoms with van der Waals surface area (Å²) in [4.78, 5) is 15.5. The number of nitrogens with zero attached hydrogens (tertiary/aromatic N) is 1. The summed E-state index contributed by atoms with van der Waals surface area (Å²) in [6.07, 6.45) is 0. The highest BCUT2D eigenvalue weighted by Gasteiger charge is 2.49. The lowest BCUT2D eigenvalue weighted by Crippen LogP contribution is -2.64. The maximum atomic E-state index is 14.6. The fourth-order valence-electron chi connectivity index (χ4n) is 3.40. The van der Waals surface area contributed by atoms with Crippen molar-refractivity contribution in [2.45, 2.75) is 10.5 Å². The second kappa shape index (κ2) is 9.32. The topological polar surface area (TPSA) is 55.2 Å². The quantitative estimate of drug-likeness (QED) is 0.253. The van der Waals surface area contributed by atoms with Crippen molar-refractivity contribution in [3.63, 3.8) is 0 Å². The van der Waals surface area contributed by atoms with E-state index in [0.29, 0.717) is 9.32 Å². The number of hydrogen-bond donors (Lipinski definition) is 1. The summed E-state index contributed by atoms with van der Waals surface area (Å²) in [5.74, 6) is -3.09. The van der Waals surface area contributed by atoms with Crippen LogP contribution in [0.3, 0.4) is 0 Å². The van der Waals surface area contributed by atoms with E-state index >= 15 is 0 Å². The van der Waals surface area contributed by atoms with Gasteiger partial charge in [-0.15, -0.1) is 11.8 Å². The number of benzene rings is 3. The van der Waals surface area contributed by atoms with Gasteiger partial charge in [0.1, 0.15) is 5.82 Å². The number of likely N-dealkylation sites (tertiary alicyclic amines) is 1. The Morgan fingerprint density at radius 2 is 1.78 bits per heavy atom. The first kappa shape index (κ1) is 22.9. The van der Waals surface area contributed by atoms with Crippen LogP contribution < -0.4 is 5.32 Å². The van der Waals surface area contributed by atoms with Crippen LogP contribution in [0.15, 0.2) is 65.6 Å². The van der Waals surface area contributed by atoms with Crippen molar-refractivity contribution >= 4 is 51.6 Å². The van der Waals surface area contributed by atoms with Crippen molar-refractivity contribution in [1.29, 1.82) is 0 Å². The summed E-state index contributed by atoms with van der Waals surface area (Å²) in [5.41, 5.74) is -1.43. The molecule has 1 amide bonds. The fourth-order valence-corrected chi connectivity index (χ4v) is 4.83. The number of halogens is 4. The number of hydrogen-bond acceptors (Lipinski definition) is 3. The summed E-state index contributed by atoms with van der Waals surface area (Å²) in [6, 6.07) is 16.0. The van der Waals surface area contributed by atoms with Crippen molar-refractivity contribution in [2.24, 2.45) is 0 Å². The summed E-state index contributed by atoms with van der Waals surface area (Å²) >= 11 is 3.47. The lowest BCUT2D eigenvalue weighted by atomic mass is 9.95. The molecule has 166 valence electrons. The predicted molar refractivity (Wildman–Crippen MR) is 128 cm³/mol. The molecule has 3 aromatic rings. The Kier molecular flexibility index (Phi) is 6.68. The minimum absolute atomic E-state index is 0.0679. The van der Waals surface area contributed by atoms with Gasteiger partial charge in [-0.3, -0.25) is 4.79 Å². The average molecular weight is 571 g/mol. The zero-order valence-electron chi connectivity index (χ0n) is 16.7. The molecule has 1 fully saturated rings. The summed E-state index contributed by atoms with van der Waals surface area (Å²) in [6.45, 7) is 0.337. The molecule has 0 spiro atoms. The molecule has 3 N–H and O–H groups in total. The van der Waals surface area contributed by atoms with Gasteiger partial charge in [-0.05, 0) is 65.1 Å². The van der Waals surface area contributed by atoms with Gasteiger partial charge in [-0.2, -0.15) is 0 Å². The van der Waals surface area contributed by atoms with E-state index in [0.717, 1.165) is 11.0 Å². The minimum Gasteiger partial charge on any atom is -0.438 e. The van der Waals surface area contributed by atoms with E-state index < -0.39 is 34.6 Å². The van der Waals surface area contributed by atoms with Crippen molar-refractivity contribution in [3.05, 3.63) is 87.2 Å². The number of anilines is 2. The number of rotatable bonds is 6. The van der Waals surface area contributed by atoms with Crippen molar-refractivity contribution in [2.75, 3.05) is 24.2 Å². The van der Waals surface area contributed by atoms with Crippen LogP contribution >= 0.6 is 34.4 Å². The largest absolute Gasteiger partial charge is 0.438 e. The molecule has 1 heterocycles. The van der Waals surface area contributed by atoms with E-state index in [-0.39, 0.29) is 24.3 Å². The third-order valence-electron chi connectivity index (χ3n) is 5.05. The molecule has 3 aromatic carbocycles. The third kappa shape index (κ3) is 4.89. The highest BCUT2D eigenvalue weighted by Crippen LogP contribution is 2.33. The Morgan fingerprint density at radius 1 is 1.06 bits per heavy atom. The molecule has 0 radical (unpaired) electrons. The Morgan fingerprint density at radius 3 is 2.47 bits per heavy atom. The van der Waals surface area contributed by atoms with Gasteiger partial charge < -0.3 is 15.3 Å². The third-order valence-corrected chi connectivity index (χ3v) is 7.02. The van der Waals surface area contributed by atoms with Crippen LogP contribution in [-0.4, -0.2) is 40.4 Å². The van der Waals surface area contributed by atoms with Crippen LogP contribution in [0.4, 0.5) is 24.5 Å². The van der Waals surface area contributed by atoms with Gasteiger partial charge in [-0.1, -0.05) is 18.2 Å². The summed E-state index contributed by atoms with van der Waals surface area (Å²) in [7, 11) is 0. The number of thioether (sulfide) groups is 1. The number of carbonyl (C=O) groups excluding carboxylic acids is 1. The first-order valence-electron chi connectivity index (χ1n) is 9.68. The maximum absolute atomic E-state index is 14.6. The molecule has 0 atom stereocenters. The molecule has 1 aliphatic heterocycles. The van der Waals surface area contributed by atoms with Crippen molar-refractivity contribution in [1.82, 2.24) is 4.90 Å². The number of amides is 1. The second-order valence-corrected chi connectivity index (χ2v) is 9.87. The maximum Gasteiger partial charge on any atom is 0.256 e. The van der Waals surface area contributed by atoms with Gasteiger partial charge in [0, 0.05) is 8.47 Å².